The van der Waals surface area contributed by atoms with Crippen molar-refractivity contribution < 1.29 is 17.6 Å². The van der Waals surface area contributed by atoms with Gasteiger partial charge in [-0.1, -0.05) is 37.3 Å². The number of carbonyl (C=O) groups is 1. The Balaban J connectivity index is 1.40. The lowest BCUT2D eigenvalue weighted by Gasteiger charge is -2.06. The van der Waals surface area contributed by atoms with Crippen molar-refractivity contribution in [1.82, 2.24) is 9.71 Å². The number of aryl methyl sites for hydroxylation is 1. The normalized spacial score (nSPS) is 11.5. The Bertz CT molecular complexity index is 1330. The van der Waals surface area contributed by atoms with Crippen LogP contribution in [0, 0.1) is 0 Å². The number of benzene rings is 3. The number of rotatable bonds is 8. The third kappa shape index (κ3) is 5.04. The van der Waals surface area contributed by atoms with E-state index in [1.807, 2.05) is 37.3 Å². The average Bonchev–Trinajstić information content (AvgIpc) is 3.21. The largest absolute Gasteiger partial charge is 0.441 e. The van der Waals surface area contributed by atoms with Gasteiger partial charge < -0.3 is 9.73 Å². The van der Waals surface area contributed by atoms with Gasteiger partial charge in [-0.15, -0.1) is 0 Å². The van der Waals surface area contributed by atoms with Crippen molar-refractivity contribution >= 4 is 32.7 Å². The van der Waals surface area contributed by atoms with Crippen LogP contribution in [0.3, 0.4) is 0 Å². The minimum atomic E-state index is -3.61. The number of nitrogens with zero attached hydrogens (tertiary/aromatic N) is 1. The Hall–Kier alpha value is -3.49. The Kier molecular flexibility index (Phi) is 6.34. The molecule has 7 nitrogen and oxygen atoms in total. The molecule has 4 rings (SSSR count). The first-order chi connectivity index (χ1) is 15.4. The van der Waals surface area contributed by atoms with Crippen LogP contribution >= 0.6 is 0 Å². The predicted octanol–water partition coefficient (Wildman–Crippen LogP) is 4.16. The summed E-state index contributed by atoms with van der Waals surface area (Å²) in [5, 5.41) is 2.83. The van der Waals surface area contributed by atoms with Gasteiger partial charge in [0.2, 0.25) is 10.0 Å². The molecule has 164 valence electrons. The third-order valence-electron chi connectivity index (χ3n) is 5.00. The Morgan fingerprint density at radius 1 is 1.00 bits per heavy atom. The van der Waals surface area contributed by atoms with Gasteiger partial charge in [0.15, 0.2) is 11.5 Å². The van der Waals surface area contributed by atoms with E-state index in [1.54, 1.807) is 42.5 Å². The molecule has 3 aromatic carbocycles. The average molecular weight is 450 g/mol. The summed E-state index contributed by atoms with van der Waals surface area (Å²) < 4.78 is 33.2. The summed E-state index contributed by atoms with van der Waals surface area (Å²) in [6, 6.07) is 21.0. The molecule has 0 saturated carbocycles. The fourth-order valence-electron chi connectivity index (χ4n) is 3.23. The van der Waals surface area contributed by atoms with Crippen LogP contribution in [0.15, 0.2) is 82.1 Å². The van der Waals surface area contributed by atoms with Gasteiger partial charge in [-0.2, -0.15) is 0 Å². The van der Waals surface area contributed by atoms with E-state index in [2.05, 4.69) is 15.0 Å². The summed E-state index contributed by atoms with van der Waals surface area (Å²) in [7, 11) is -3.61. The van der Waals surface area contributed by atoms with E-state index in [1.165, 1.54) is 0 Å². The first-order valence-electron chi connectivity index (χ1n) is 10.3. The lowest BCUT2D eigenvalue weighted by molar-refractivity contribution is 0.102. The van der Waals surface area contributed by atoms with Gasteiger partial charge in [0.25, 0.3) is 5.91 Å². The molecule has 1 amide bonds. The van der Waals surface area contributed by atoms with Gasteiger partial charge in [0, 0.05) is 24.2 Å². The molecule has 0 radical (unpaired) electrons. The summed E-state index contributed by atoms with van der Waals surface area (Å²) in [5.74, 6) is 0.147. The summed E-state index contributed by atoms with van der Waals surface area (Å²) in [6.45, 7) is 2.16. The second-order valence-electron chi connectivity index (χ2n) is 7.26. The van der Waals surface area contributed by atoms with Crippen molar-refractivity contribution in [3.63, 3.8) is 0 Å². The zero-order valence-corrected chi connectivity index (χ0v) is 18.4. The van der Waals surface area contributed by atoms with Crippen molar-refractivity contribution in [2.75, 3.05) is 11.9 Å². The molecule has 0 fully saturated rings. The number of oxazole rings is 1. The van der Waals surface area contributed by atoms with Crippen molar-refractivity contribution in [2.45, 2.75) is 24.7 Å². The van der Waals surface area contributed by atoms with E-state index in [0.717, 1.165) is 12.0 Å². The van der Waals surface area contributed by atoms with Gasteiger partial charge in [-0.05, 0) is 54.4 Å². The zero-order valence-electron chi connectivity index (χ0n) is 17.5. The van der Waals surface area contributed by atoms with Gasteiger partial charge in [0.1, 0.15) is 5.52 Å². The number of anilines is 1. The number of hydrogen-bond acceptors (Lipinski definition) is 5. The van der Waals surface area contributed by atoms with Crippen molar-refractivity contribution in [3.8, 4) is 0 Å². The van der Waals surface area contributed by atoms with Crippen LogP contribution in [0.5, 0.6) is 0 Å². The molecule has 1 aromatic heterocycles. The second-order valence-corrected chi connectivity index (χ2v) is 9.02. The van der Waals surface area contributed by atoms with E-state index in [9.17, 15) is 13.2 Å². The quantitative estimate of drug-likeness (QED) is 0.421. The summed E-state index contributed by atoms with van der Waals surface area (Å²) in [5.41, 5.74) is 3.31. The SMILES string of the molecule is CCc1ccc(S(=O)(=O)NCCc2nc3cc(C(=O)Nc4ccccc4)ccc3o2)cc1. The monoisotopic (exact) mass is 449 g/mol. The van der Waals surface area contributed by atoms with Crippen molar-refractivity contribution in [3.05, 3.63) is 89.8 Å². The Morgan fingerprint density at radius 3 is 2.47 bits per heavy atom. The van der Waals surface area contributed by atoms with Crippen LogP contribution < -0.4 is 10.0 Å². The Morgan fingerprint density at radius 2 is 1.75 bits per heavy atom. The van der Waals surface area contributed by atoms with Crippen LogP contribution in [0.1, 0.15) is 28.7 Å². The topological polar surface area (TPSA) is 101 Å². The van der Waals surface area contributed by atoms with Gasteiger partial charge in [-0.25, -0.2) is 18.1 Å². The molecular formula is C24H23N3O4S. The van der Waals surface area contributed by atoms with Crippen LogP contribution in [0.4, 0.5) is 5.69 Å². The number of hydrogen-bond donors (Lipinski definition) is 2. The minimum absolute atomic E-state index is 0.145. The highest BCUT2D eigenvalue weighted by Gasteiger charge is 2.15. The molecule has 8 heteroatoms. The van der Waals surface area contributed by atoms with Crippen LogP contribution in [-0.4, -0.2) is 25.9 Å². The van der Waals surface area contributed by atoms with E-state index < -0.39 is 10.0 Å². The molecular weight excluding hydrogens is 426 g/mol. The van der Waals surface area contributed by atoms with Crippen molar-refractivity contribution in [2.24, 2.45) is 0 Å². The van der Waals surface area contributed by atoms with Crippen LogP contribution in [0.25, 0.3) is 11.1 Å². The number of carbonyl (C=O) groups excluding carboxylic acids is 1. The maximum Gasteiger partial charge on any atom is 0.255 e. The molecule has 4 aromatic rings. The maximum atomic E-state index is 12.5. The lowest BCUT2D eigenvalue weighted by Crippen LogP contribution is -2.26. The maximum absolute atomic E-state index is 12.5. The summed E-state index contributed by atoms with van der Waals surface area (Å²) in [6.07, 6.45) is 1.13. The van der Waals surface area contributed by atoms with E-state index in [0.29, 0.717) is 28.2 Å². The van der Waals surface area contributed by atoms with Crippen LogP contribution in [0.2, 0.25) is 0 Å². The summed E-state index contributed by atoms with van der Waals surface area (Å²) in [4.78, 5) is 17.1. The molecule has 0 spiro atoms. The fourth-order valence-corrected chi connectivity index (χ4v) is 4.26. The lowest BCUT2D eigenvalue weighted by atomic mass is 10.2. The predicted molar refractivity (Wildman–Crippen MR) is 123 cm³/mol. The first kappa shape index (κ1) is 21.7. The highest BCUT2D eigenvalue weighted by atomic mass is 32.2. The third-order valence-corrected chi connectivity index (χ3v) is 6.48. The number of aromatic nitrogens is 1. The van der Waals surface area contributed by atoms with E-state index >= 15 is 0 Å². The zero-order chi connectivity index (χ0) is 22.6. The molecule has 0 aliphatic heterocycles. The second kappa shape index (κ2) is 9.33. The molecule has 0 unspecified atom stereocenters. The highest BCUT2D eigenvalue weighted by Crippen LogP contribution is 2.19. The highest BCUT2D eigenvalue weighted by molar-refractivity contribution is 7.89. The molecule has 0 atom stereocenters. The molecule has 1 heterocycles. The minimum Gasteiger partial charge on any atom is -0.441 e. The van der Waals surface area contributed by atoms with Crippen molar-refractivity contribution in [1.29, 1.82) is 0 Å². The van der Waals surface area contributed by atoms with Gasteiger partial charge >= 0.3 is 0 Å². The molecule has 0 bridgehead atoms. The molecule has 2 N–H and O–H groups in total. The van der Waals surface area contributed by atoms with E-state index in [4.69, 9.17) is 4.42 Å². The number of sulfonamides is 1. The Labute approximate surface area is 186 Å². The van der Waals surface area contributed by atoms with Gasteiger partial charge in [0.05, 0.1) is 4.90 Å². The standard InChI is InChI=1S/C24H23N3O4S/c1-2-17-8-11-20(12-9-17)32(29,30)25-15-14-23-27-21-16-18(10-13-22(21)31-23)24(28)26-19-6-4-3-5-7-19/h3-13,16,25H,2,14-15H2,1H3,(H,26,28). The molecule has 0 aliphatic rings. The van der Waals surface area contributed by atoms with E-state index in [-0.39, 0.29) is 23.8 Å². The summed E-state index contributed by atoms with van der Waals surface area (Å²) >= 11 is 0. The number of amides is 1. The first-order valence-corrected chi connectivity index (χ1v) is 11.8. The fraction of sp³-hybridized carbons (Fsp3) is 0.167. The smallest absolute Gasteiger partial charge is 0.255 e. The number of fused-ring (bicyclic) bond motifs is 1. The van der Waals surface area contributed by atoms with Gasteiger partial charge in [-0.3, -0.25) is 4.79 Å². The molecule has 32 heavy (non-hydrogen) atoms. The molecule has 0 saturated heterocycles. The number of para-hydroxylation sites is 1. The molecule has 0 aliphatic carbocycles. The number of nitrogens with one attached hydrogen (secondary N) is 2. The van der Waals surface area contributed by atoms with Crippen LogP contribution in [-0.2, 0) is 22.9 Å².